The highest BCUT2D eigenvalue weighted by molar-refractivity contribution is 4.87. The Balaban J connectivity index is 1.81. The second-order valence-electron chi connectivity index (χ2n) is 5.27. The van der Waals surface area contributed by atoms with E-state index in [4.69, 9.17) is 9.26 Å². The molecule has 0 spiro atoms. The van der Waals surface area contributed by atoms with Crippen molar-refractivity contribution in [1.82, 2.24) is 19.9 Å². The smallest absolute Gasteiger partial charge is 0.240 e. The van der Waals surface area contributed by atoms with E-state index in [1.54, 1.807) is 0 Å². The third kappa shape index (κ3) is 4.26. The van der Waals surface area contributed by atoms with E-state index in [1.807, 2.05) is 13.8 Å². The van der Waals surface area contributed by atoms with Crippen molar-refractivity contribution < 1.29 is 9.26 Å². The van der Waals surface area contributed by atoms with Gasteiger partial charge >= 0.3 is 0 Å². The zero-order chi connectivity index (χ0) is 14.4. The summed E-state index contributed by atoms with van der Waals surface area (Å²) in [5, 5.41) is 3.85. The predicted molar refractivity (Wildman–Crippen MR) is 76.5 cm³/mol. The summed E-state index contributed by atoms with van der Waals surface area (Å²) in [4.78, 5) is 9.22. The van der Waals surface area contributed by atoms with Crippen LogP contribution in [0.25, 0.3) is 0 Å². The molecule has 1 saturated heterocycles. The van der Waals surface area contributed by atoms with Crippen molar-refractivity contribution in [2.75, 3.05) is 39.4 Å². The minimum atomic E-state index is 0.591. The molecule has 2 rings (SSSR count). The zero-order valence-electron chi connectivity index (χ0n) is 12.8. The fourth-order valence-corrected chi connectivity index (χ4v) is 2.70. The van der Waals surface area contributed by atoms with Gasteiger partial charge in [0.1, 0.15) is 0 Å². The Morgan fingerprint density at radius 2 is 2.20 bits per heavy atom. The van der Waals surface area contributed by atoms with Crippen molar-refractivity contribution in [2.24, 2.45) is 0 Å². The first kappa shape index (κ1) is 15.4. The molecular formula is C14H26N4O2. The lowest BCUT2D eigenvalue weighted by molar-refractivity contribution is 0.0350. The number of hydrogen-bond donors (Lipinski definition) is 0. The Bertz CT molecular complexity index is 396. The van der Waals surface area contributed by atoms with Gasteiger partial charge in [-0.05, 0) is 20.3 Å². The summed E-state index contributed by atoms with van der Waals surface area (Å²) in [5.74, 6) is 1.43. The lowest BCUT2D eigenvalue weighted by Gasteiger charge is -2.40. The first-order valence-corrected chi connectivity index (χ1v) is 7.56. The average molecular weight is 282 g/mol. The molecule has 0 radical (unpaired) electrons. The Morgan fingerprint density at radius 3 is 2.85 bits per heavy atom. The molecule has 2 heterocycles. The van der Waals surface area contributed by atoms with E-state index in [0.29, 0.717) is 11.9 Å². The second-order valence-corrected chi connectivity index (χ2v) is 5.27. The molecule has 0 unspecified atom stereocenters. The van der Waals surface area contributed by atoms with Gasteiger partial charge in [-0.15, -0.1) is 0 Å². The Labute approximate surface area is 121 Å². The van der Waals surface area contributed by atoms with Crippen molar-refractivity contribution in [3.8, 4) is 0 Å². The molecule has 1 aromatic rings. The van der Waals surface area contributed by atoms with Gasteiger partial charge in [-0.25, -0.2) is 0 Å². The fourth-order valence-electron chi connectivity index (χ4n) is 2.70. The standard InChI is InChI=1S/C14H26N4O2/c1-4-13-10-17(11-14-15-12(3)16-20-14)6-7-18(13)8-9-19-5-2/h13H,4-11H2,1-3H3/t13-/m0/s1. The molecule has 1 atom stereocenters. The molecule has 1 aliphatic rings. The molecule has 114 valence electrons. The maximum atomic E-state index is 5.47. The van der Waals surface area contributed by atoms with Crippen molar-refractivity contribution in [3.05, 3.63) is 11.7 Å². The minimum absolute atomic E-state index is 0.591. The normalized spacial score (nSPS) is 21.4. The highest BCUT2D eigenvalue weighted by Crippen LogP contribution is 2.14. The molecule has 1 aromatic heterocycles. The quantitative estimate of drug-likeness (QED) is 0.703. The highest BCUT2D eigenvalue weighted by Gasteiger charge is 2.26. The number of aromatic nitrogens is 2. The van der Waals surface area contributed by atoms with Crippen LogP contribution in [0.2, 0.25) is 0 Å². The van der Waals surface area contributed by atoms with Gasteiger partial charge in [0.25, 0.3) is 0 Å². The van der Waals surface area contributed by atoms with E-state index in [1.165, 1.54) is 0 Å². The second kappa shape index (κ2) is 7.71. The van der Waals surface area contributed by atoms with Crippen molar-refractivity contribution >= 4 is 0 Å². The molecule has 0 saturated carbocycles. The van der Waals surface area contributed by atoms with Crippen molar-refractivity contribution in [1.29, 1.82) is 0 Å². The van der Waals surface area contributed by atoms with Crippen LogP contribution in [0.5, 0.6) is 0 Å². The maximum absolute atomic E-state index is 5.47. The zero-order valence-corrected chi connectivity index (χ0v) is 12.8. The molecule has 1 aliphatic heterocycles. The van der Waals surface area contributed by atoms with Crippen LogP contribution in [-0.2, 0) is 11.3 Å². The highest BCUT2D eigenvalue weighted by atomic mass is 16.5. The Morgan fingerprint density at radius 1 is 1.35 bits per heavy atom. The SMILES string of the molecule is CCOCCN1CCN(Cc2nc(C)no2)C[C@@H]1CC. The summed E-state index contributed by atoms with van der Waals surface area (Å²) in [5.41, 5.74) is 0. The summed E-state index contributed by atoms with van der Waals surface area (Å²) < 4.78 is 10.7. The van der Waals surface area contributed by atoms with E-state index in [9.17, 15) is 0 Å². The number of nitrogens with zero attached hydrogens (tertiary/aromatic N) is 4. The summed E-state index contributed by atoms with van der Waals surface area (Å²) in [7, 11) is 0. The minimum Gasteiger partial charge on any atom is -0.380 e. The molecular weight excluding hydrogens is 256 g/mol. The predicted octanol–water partition coefficient (Wildman–Crippen LogP) is 1.31. The topological polar surface area (TPSA) is 54.6 Å². The van der Waals surface area contributed by atoms with Crippen LogP contribution < -0.4 is 0 Å². The van der Waals surface area contributed by atoms with E-state index in [2.05, 4.69) is 26.9 Å². The Kier molecular flexibility index (Phi) is 5.94. The summed E-state index contributed by atoms with van der Waals surface area (Å²) in [6, 6.07) is 0.591. The van der Waals surface area contributed by atoms with E-state index >= 15 is 0 Å². The molecule has 0 aliphatic carbocycles. The number of rotatable bonds is 7. The Hall–Kier alpha value is -0.980. The maximum Gasteiger partial charge on any atom is 0.240 e. The van der Waals surface area contributed by atoms with Gasteiger partial charge in [-0.3, -0.25) is 9.80 Å². The molecule has 6 heteroatoms. The van der Waals surface area contributed by atoms with Crippen LogP contribution in [0.15, 0.2) is 4.52 Å². The third-order valence-electron chi connectivity index (χ3n) is 3.82. The van der Waals surface area contributed by atoms with Crippen LogP contribution >= 0.6 is 0 Å². The molecule has 1 fully saturated rings. The third-order valence-corrected chi connectivity index (χ3v) is 3.82. The lowest BCUT2D eigenvalue weighted by atomic mass is 10.1. The van der Waals surface area contributed by atoms with Gasteiger partial charge < -0.3 is 9.26 Å². The first-order chi connectivity index (χ1) is 9.72. The van der Waals surface area contributed by atoms with E-state index in [0.717, 1.165) is 58.2 Å². The molecule has 0 amide bonds. The monoisotopic (exact) mass is 282 g/mol. The van der Waals surface area contributed by atoms with Crippen LogP contribution in [0.4, 0.5) is 0 Å². The summed E-state index contributed by atoms with van der Waals surface area (Å²) in [6.45, 7) is 12.8. The number of ether oxygens (including phenoxy) is 1. The summed E-state index contributed by atoms with van der Waals surface area (Å²) in [6.07, 6.45) is 1.16. The van der Waals surface area contributed by atoms with Gasteiger partial charge in [0, 0.05) is 38.8 Å². The fraction of sp³-hybridized carbons (Fsp3) is 0.857. The largest absolute Gasteiger partial charge is 0.380 e. The van der Waals surface area contributed by atoms with Gasteiger partial charge in [0.05, 0.1) is 13.2 Å². The summed E-state index contributed by atoms with van der Waals surface area (Å²) >= 11 is 0. The van der Waals surface area contributed by atoms with E-state index < -0.39 is 0 Å². The van der Waals surface area contributed by atoms with Crippen LogP contribution in [0, 0.1) is 6.92 Å². The molecule has 0 bridgehead atoms. The molecule has 0 N–H and O–H groups in total. The van der Waals surface area contributed by atoms with Gasteiger partial charge in [-0.1, -0.05) is 12.1 Å². The van der Waals surface area contributed by atoms with Crippen molar-refractivity contribution in [3.63, 3.8) is 0 Å². The molecule has 6 nitrogen and oxygen atoms in total. The van der Waals surface area contributed by atoms with E-state index in [-0.39, 0.29) is 0 Å². The van der Waals surface area contributed by atoms with Crippen LogP contribution in [-0.4, -0.2) is 65.4 Å². The van der Waals surface area contributed by atoms with Crippen molar-refractivity contribution in [2.45, 2.75) is 39.8 Å². The van der Waals surface area contributed by atoms with Gasteiger partial charge in [0.2, 0.25) is 5.89 Å². The number of hydrogen-bond acceptors (Lipinski definition) is 6. The average Bonchev–Trinajstić information content (AvgIpc) is 2.85. The lowest BCUT2D eigenvalue weighted by Crippen LogP contribution is -2.53. The van der Waals surface area contributed by atoms with Crippen LogP contribution in [0.1, 0.15) is 32.0 Å². The molecule has 20 heavy (non-hydrogen) atoms. The number of piperazine rings is 1. The van der Waals surface area contributed by atoms with Gasteiger partial charge in [-0.2, -0.15) is 4.98 Å². The molecule has 0 aromatic carbocycles. The van der Waals surface area contributed by atoms with Crippen LogP contribution in [0.3, 0.4) is 0 Å². The number of aryl methyl sites for hydroxylation is 1. The first-order valence-electron chi connectivity index (χ1n) is 7.56. The van der Waals surface area contributed by atoms with Gasteiger partial charge in [0.15, 0.2) is 5.82 Å².